The number of hydrogen-bond acceptors (Lipinski definition) is 5. The number of anilines is 1. The Morgan fingerprint density at radius 1 is 1.25 bits per heavy atom. The van der Waals surface area contributed by atoms with Crippen molar-refractivity contribution in [3.05, 3.63) is 63.0 Å². The number of carboxylic acid groups (broad SMARTS) is 1. The predicted octanol–water partition coefficient (Wildman–Crippen LogP) is 4.45. The molecule has 1 aliphatic rings. The van der Waals surface area contributed by atoms with Crippen LogP contribution < -0.4 is 4.90 Å². The molecule has 6 nitrogen and oxygen atoms in total. The van der Waals surface area contributed by atoms with Crippen LogP contribution in [0.4, 0.5) is 11.4 Å². The number of amides is 1. The molecule has 0 unspecified atom stereocenters. The smallest absolute Gasteiger partial charge is 0.335 e. The molecular formula is C20H18BrN3O3S. The number of hydrogen-bond donors (Lipinski definition) is 1. The third-order valence-electron chi connectivity index (χ3n) is 4.07. The predicted molar refractivity (Wildman–Crippen MR) is 117 cm³/mol. The topological polar surface area (TPSA) is 73.2 Å². The number of carbonyl (C=O) groups excluding carboxylic acids is 1. The lowest BCUT2D eigenvalue weighted by atomic mass is 10.2. The highest BCUT2D eigenvalue weighted by atomic mass is 79.9. The highest BCUT2D eigenvalue weighted by Gasteiger charge is 2.30. The van der Waals surface area contributed by atoms with Crippen LogP contribution in [0.2, 0.25) is 0 Å². The summed E-state index contributed by atoms with van der Waals surface area (Å²) in [6.45, 7) is 0. The van der Waals surface area contributed by atoms with Gasteiger partial charge in [0.2, 0.25) is 0 Å². The van der Waals surface area contributed by atoms with Gasteiger partial charge < -0.3 is 10.0 Å². The Balaban J connectivity index is 1.89. The van der Waals surface area contributed by atoms with E-state index < -0.39 is 5.97 Å². The first kappa shape index (κ1) is 20.2. The molecule has 2 aromatic carbocycles. The third kappa shape index (κ3) is 4.28. The maximum atomic E-state index is 12.6. The minimum absolute atomic E-state index is 0.147. The molecule has 144 valence electrons. The van der Waals surface area contributed by atoms with Gasteiger partial charge in [-0.1, -0.05) is 12.1 Å². The Bertz CT molecular complexity index is 1020. The third-order valence-corrected chi connectivity index (χ3v) is 5.77. The minimum Gasteiger partial charge on any atom is -0.478 e. The van der Waals surface area contributed by atoms with Crippen molar-refractivity contribution in [2.75, 3.05) is 26.0 Å². The van der Waals surface area contributed by atoms with Crippen LogP contribution in [-0.2, 0) is 4.79 Å². The number of aromatic carboxylic acids is 1. The zero-order valence-electron chi connectivity index (χ0n) is 15.5. The van der Waals surface area contributed by atoms with Crippen LogP contribution in [0, 0.1) is 0 Å². The molecule has 1 heterocycles. The van der Waals surface area contributed by atoms with Gasteiger partial charge in [-0.3, -0.25) is 9.69 Å². The van der Waals surface area contributed by atoms with E-state index in [2.05, 4.69) is 20.9 Å². The van der Waals surface area contributed by atoms with Crippen LogP contribution in [0.25, 0.3) is 6.08 Å². The van der Waals surface area contributed by atoms with Gasteiger partial charge in [0.05, 0.1) is 21.8 Å². The first-order valence-electron chi connectivity index (χ1n) is 8.33. The van der Waals surface area contributed by atoms with Crippen molar-refractivity contribution in [3.8, 4) is 0 Å². The van der Waals surface area contributed by atoms with Crippen LogP contribution >= 0.6 is 27.7 Å². The van der Waals surface area contributed by atoms with Crippen LogP contribution in [0.5, 0.6) is 0 Å². The number of halogens is 1. The quantitative estimate of drug-likeness (QED) is 0.683. The standard InChI is InChI=1S/C20H18BrN3O3S/c1-23(2)16-8-7-12(9-15(16)21)10-17-18(25)24(3)20(28-17)22-14-6-4-5-13(11-14)19(26)27/h4-11H,1-3H3,(H,26,27). The summed E-state index contributed by atoms with van der Waals surface area (Å²) in [5, 5.41) is 9.61. The summed E-state index contributed by atoms with van der Waals surface area (Å²) in [7, 11) is 5.58. The number of nitrogens with zero attached hydrogens (tertiary/aromatic N) is 3. The van der Waals surface area contributed by atoms with Gasteiger partial charge in [-0.2, -0.15) is 0 Å². The normalized spacial score (nSPS) is 16.9. The number of carboxylic acids is 1. The van der Waals surface area contributed by atoms with Gasteiger partial charge in [0.25, 0.3) is 5.91 Å². The first-order valence-corrected chi connectivity index (χ1v) is 9.94. The van der Waals surface area contributed by atoms with Crippen molar-refractivity contribution >= 4 is 62.2 Å². The van der Waals surface area contributed by atoms with Gasteiger partial charge in [0, 0.05) is 25.6 Å². The molecule has 0 spiro atoms. The lowest BCUT2D eigenvalue weighted by Crippen LogP contribution is -2.23. The van der Waals surface area contributed by atoms with E-state index in [4.69, 9.17) is 5.11 Å². The van der Waals surface area contributed by atoms with E-state index in [1.807, 2.05) is 43.3 Å². The minimum atomic E-state index is -1.02. The second-order valence-electron chi connectivity index (χ2n) is 6.33. The van der Waals surface area contributed by atoms with Crippen LogP contribution in [-0.4, -0.2) is 48.2 Å². The van der Waals surface area contributed by atoms with Gasteiger partial charge in [0.15, 0.2) is 5.17 Å². The average molecular weight is 460 g/mol. The SMILES string of the molecule is CN1C(=O)C(=Cc2ccc(N(C)C)c(Br)c2)SC1=Nc1cccc(C(=O)O)c1. The van der Waals surface area contributed by atoms with Crippen LogP contribution in [0.3, 0.4) is 0 Å². The van der Waals surface area contributed by atoms with Gasteiger partial charge in [-0.25, -0.2) is 9.79 Å². The molecule has 2 aromatic rings. The second kappa shape index (κ2) is 8.20. The molecule has 1 fully saturated rings. The Kier molecular flexibility index (Phi) is 5.90. The average Bonchev–Trinajstić information content (AvgIpc) is 2.89. The monoisotopic (exact) mass is 459 g/mol. The molecule has 1 amide bonds. The van der Waals surface area contributed by atoms with Gasteiger partial charge in [0.1, 0.15) is 0 Å². The summed E-state index contributed by atoms with van der Waals surface area (Å²) in [6.07, 6.45) is 1.82. The van der Waals surface area contributed by atoms with E-state index >= 15 is 0 Å². The van der Waals surface area contributed by atoms with Crippen LogP contribution in [0.1, 0.15) is 15.9 Å². The lowest BCUT2D eigenvalue weighted by molar-refractivity contribution is -0.121. The Labute approximate surface area is 175 Å². The van der Waals surface area contributed by atoms with Crippen molar-refractivity contribution in [1.29, 1.82) is 0 Å². The van der Waals surface area contributed by atoms with Gasteiger partial charge in [-0.05, 0) is 69.7 Å². The first-order chi connectivity index (χ1) is 13.3. The van der Waals surface area contributed by atoms with Crippen molar-refractivity contribution in [2.45, 2.75) is 0 Å². The molecule has 28 heavy (non-hydrogen) atoms. The fraction of sp³-hybridized carbons (Fsp3) is 0.150. The maximum absolute atomic E-state index is 12.6. The molecule has 0 bridgehead atoms. The highest BCUT2D eigenvalue weighted by Crippen LogP contribution is 2.34. The molecule has 1 aliphatic heterocycles. The van der Waals surface area contributed by atoms with E-state index in [-0.39, 0.29) is 11.5 Å². The van der Waals surface area contributed by atoms with Crippen LogP contribution in [0.15, 0.2) is 56.8 Å². The molecular weight excluding hydrogens is 442 g/mol. The fourth-order valence-corrected chi connectivity index (χ4v) is 4.34. The fourth-order valence-electron chi connectivity index (χ4n) is 2.60. The molecule has 0 radical (unpaired) electrons. The highest BCUT2D eigenvalue weighted by molar-refractivity contribution is 9.10. The Hall–Kier alpha value is -2.58. The number of thioether (sulfide) groups is 1. The molecule has 1 saturated heterocycles. The van der Waals surface area contributed by atoms with E-state index in [1.54, 1.807) is 19.2 Å². The molecule has 1 N–H and O–H groups in total. The van der Waals surface area contributed by atoms with Crippen molar-refractivity contribution in [2.24, 2.45) is 4.99 Å². The molecule has 0 aliphatic carbocycles. The van der Waals surface area contributed by atoms with E-state index in [0.717, 1.165) is 15.7 Å². The number of likely N-dealkylation sites (N-methyl/N-ethyl adjacent to an activating group) is 1. The van der Waals surface area contributed by atoms with E-state index in [0.29, 0.717) is 15.8 Å². The zero-order valence-corrected chi connectivity index (χ0v) is 17.9. The van der Waals surface area contributed by atoms with E-state index in [1.165, 1.54) is 28.8 Å². The molecule has 3 rings (SSSR count). The van der Waals surface area contributed by atoms with Crippen molar-refractivity contribution in [1.82, 2.24) is 4.90 Å². The lowest BCUT2D eigenvalue weighted by Gasteiger charge is -2.14. The number of carbonyl (C=O) groups is 2. The Morgan fingerprint density at radius 3 is 2.64 bits per heavy atom. The van der Waals surface area contributed by atoms with Crippen molar-refractivity contribution in [3.63, 3.8) is 0 Å². The summed E-state index contributed by atoms with van der Waals surface area (Å²) in [6, 6.07) is 12.2. The number of amidine groups is 1. The Morgan fingerprint density at radius 2 is 2.00 bits per heavy atom. The van der Waals surface area contributed by atoms with Gasteiger partial charge >= 0.3 is 5.97 Å². The zero-order chi connectivity index (χ0) is 20.4. The second-order valence-corrected chi connectivity index (χ2v) is 8.19. The molecule has 0 saturated carbocycles. The summed E-state index contributed by atoms with van der Waals surface area (Å²) in [5.74, 6) is -1.16. The summed E-state index contributed by atoms with van der Waals surface area (Å²) < 4.78 is 0.940. The molecule has 0 aromatic heterocycles. The maximum Gasteiger partial charge on any atom is 0.335 e. The van der Waals surface area contributed by atoms with Gasteiger partial charge in [-0.15, -0.1) is 0 Å². The number of aliphatic imine (C=N–C) groups is 1. The number of benzene rings is 2. The molecule has 8 heteroatoms. The van der Waals surface area contributed by atoms with E-state index in [9.17, 15) is 9.59 Å². The summed E-state index contributed by atoms with van der Waals surface area (Å²) in [5.41, 5.74) is 2.59. The summed E-state index contributed by atoms with van der Waals surface area (Å²) in [4.78, 5) is 32.2. The summed E-state index contributed by atoms with van der Waals surface area (Å²) >= 11 is 4.82. The largest absolute Gasteiger partial charge is 0.478 e. The molecule has 0 atom stereocenters. The van der Waals surface area contributed by atoms with Crippen molar-refractivity contribution < 1.29 is 14.7 Å². The number of rotatable bonds is 4.